The second kappa shape index (κ2) is 8.48. The fourth-order valence-electron chi connectivity index (χ4n) is 2.19. The van der Waals surface area contributed by atoms with Gasteiger partial charge in [0, 0.05) is 12.6 Å². The van der Waals surface area contributed by atoms with Crippen LogP contribution in [0.25, 0.3) is 0 Å². The molecule has 0 aliphatic carbocycles. The van der Waals surface area contributed by atoms with Crippen molar-refractivity contribution < 1.29 is 4.79 Å². The summed E-state index contributed by atoms with van der Waals surface area (Å²) in [7, 11) is 2.02. The van der Waals surface area contributed by atoms with Gasteiger partial charge in [0.15, 0.2) is 0 Å². The lowest BCUT2D eigenvalue weighted by Gasteiger charge is -2.25. The highest BCUT2D eigenvalue weighted by Crippen LogP contribution is 2.10. The number of hydrogen-bond donors (Lipinski definition) is 2. The summed E-state index contributed by atoms with van der Waals surface area (Å²) in [5, 5.41) is 6.44. The average Bonchev–Trinajstić information content (AvgIpc) is 2.35. The van der Waals surface area contributed by atoms with Gasteiger partial charge in [-0.2, -0.15) is 0 Å². The Hall–Kier alpha value is -0.610. The molecular formula is C13H27N3O. The molecule has 1 atom stereocenters. The van der Waals surface area contributed by atoms with E-state index in [1.165, 1.54) is 19.3 Å². The van der Waals surface area contributed by atoms with E-state index in [0.717, 1.165) is 32.5 Å². The van der Waals surface area contributed by atoms with Crippen molar-refractivity contribution in [3.8, 4) is 0 Å². The molecule has 100 valence electrons. The first kappa shape index (κ1) is 14.5. The molecule has 1 fully saturated rings. The molecule has 1 rings (SSSR count). The van der Waals surface area contributed by atoms with E-state index in [9.17, 15) is 4.79 Å². The van der Waals surface area contributed by atoms with Gasteiger partial charge in [-0.3, -0.25) is 9.69 Å². The van der Waals surface area contributed by atoms with E-state index in [1.54, 1.807) is 0 Å². The predicted molar refractivity (Wildman–Crippen MR) is 71.1 cm³/mol. The van der Waals surface area contributed by atoms with Gasteiger partial charge < -0.3 is 10.6 Å². The molecule has 17 heavy (non-hydrogen) atoms. The van der Waals surface area contributed by atoms with Gasteiger partial charge in [0.1, 0.15) is 0 Å². The summed E-state index contributed by atoms with van der Waals surface area (Å²) >= 11 is 0. The molecule has 0 bridgehead atoms. The molecule has 4 heteroatoms. The molecule has 1 aliphatic rings. The number of rotatable bonds is 7. The third-order valence-electron chi connectivity index (χ3n) is 3.26. The maximum absolute atomic E-state index is 11.5. The van der Waals surface area contributed by atoms with Gasteiger partial charge in [-0.25, -0.2) is 0 Å². The molecule has 0 spiro atoms. The molecule has 2 N–H and O–H groups in total. The highest BCUT2D eigenvalue weighted by Gasteiger charge is 2.13. The highest BCUT2D eigenvalue weighted by molar-refractivity contribution is 5.77. The second-order valence-electron chi connectivity index (χ2n) is 5.02. The molecule has 0 aromatic rings. The minimum atomic E-state index is 0.144. The van der Waals surface area contributed by atoms with Crippen molar-refractivity contribution in [1.29, 1.82) is 0 Å². The minimum absolute atomic E-state index is 0.144. The topological polar surface area (TPSA) is 44.4 Å². The number of carbonyl (C=O) groups excluding carboxylic acids is 1. The van der Waals surface area contributed by atoms with Gasteiger partial charge >= 0.3 is 0 Å². The summed E-state index contributed by atoms with van der Waals surface area (Å²) in [6, 6.07) is 0.657. The first-order chi connectivity index (χ1) is 8.22. The maximum atomic E-state index is 11.5. The Labute approximate surface area is 105 Å². The number of nitrogens with zero attached hydrogens (tertiary/aromatic N) is 1. The molecule has 1 heterocycles. The van der Waals surface area contributed by atoms with E-state index >= 15 is 0 Å². The number of hydrogen-bond acceptors (Lipinski definition) is 3. The maximum Gasteiger partial charge on any atom is 0.234 e. The summed E-state index contributed by atoms with van der Waals surface area (Å²) in [6.45, 7) is 5.53. The van der Waals surface area contributed by atoms with Crippen LogP contribution in [-0.4, -0.2) is 50.1 Å². The van der Waals surface area contributed by atoms with Crippen LogP contribution >= 0.6 is 0 Å². The van der Waals surface area contributed by atoms with Crippen LogP contribution in [0.5, 0.6) is 0 Å². The van der Waals surface area contributed by atoms with Gasteiger partial charge in [-0.05, 0) is 45.8 Å². The van der Waals surface area contributed by atoms with Crippen molar-refractivity contribution in [2.45, 2.75) is 45.1 Å². The Bertz CT molecular complexity index is 215. The first-order valence-electron chi connectivity index (χ1n) is 6.91. The third-order valence-corrected chi connectivity index (χ3v) is 3.26. The van der Waals surface area contributed by atoms with Crippen molar-refractivity contribution in [3.63, 3.8) is 0 Å². The molecule has 1 saturated heterocycles. The van der Waals surface area contributed by atoms with Crippen LogP contribution in [0, 0.1) is 0 Å². The molecule has 1 unspecified atom stereocenters. The van der Waals surface area contributed by atoms with Crippen LogP contribution in [0.4, 0.5) is 0 Å². The van der Waals surface area contributed by atoms with E-state index in [4.69, 9.17) is 0 Å². The van der Waals surface area contributed by atoms with Gasteiger partial charge in [0.2, 0.25) is 5.91 Å². The number of piperidine rings is 1. The summed E-state index contributed by atoms with van der Waals surface area (Å²) < 4.78 is 0. The Balaban J connectivity index is 2.07. The first-order valence-corrected chi connectivity index (χ1v) is 6.91. The number of likely N-dealkylation sites (N-methyl/N-ethyl adjacent to an activating group) is 1. The Morgan fingerprint density at radius 1 is 1.47 bits per heavy atom. The second-order valence-corrected chi connectivity index (χ2v) is 5.02. The normalized spacial score (nSPS) is 20.5. The zero-order valence-corrected chi connectivity index (χ0v) is 11.3. The summed E-state index contributed by atoms with van der Waals surface area (Å²) in [5.74, 6) is 0.144. The fraction of sp³-hybridized carbons (Fsp3) is 0.923. The van der Waals surface area contributed by atoms with E-state index in [-0.39, 0.29) is 5.91 Å². The largest absolute Gasteiger partial charge is 0.355 e. The van der Waals surface area contributed by atoms with E-state index < -0.39 is 0 Å². The molecule has 1 amide bonds. The van der Waals surface area contributed by atoms with Crippen molar-refractivity contribution in [2.75, 3.05) is 33.2 Å². The number of carbonyl (C=O) groups is 1. The van der Waals surface area contributed by atoms with Crippen LogP contribution in [0.1, 0.15) is 39.0 Å². The lowest BCUT2D eigenvalue weighted by molar-refractivity contribution is -0.121. The highest BCUT2D eigenvalue weighted by atomic mass is 16.2. The van der Waals surface area contributed by atoms with Crippen molar-refractivity contribution in [3.05, 3.63) is 0 Å². The number of amides is 1. The van der Waals surface area contributed by atoms with Gasteiger partial charge in [-0.15, -0.1) is 0 Å². The Morgan fingerprint density at radius 2 is 2.29 bits per heavy atom. The van der Waals surface area contributed by atoms with Crippen LogP contribution < -0.4 is 10.6 Å². The van der Waals surface area contributed by atoms with E-state index in [1.807, 2.05) is 7.05 Å². The summed E-state index contributed by atoms with van der Waals surface area (Å²) in [6.07, 6.45) is 6.10. The molecule has 0 radical (unpaired) electrons. The van der Waals surface area contributed by atoms with Crippen molar-refractivity contribution in [2.24, 2.45) is 0 Å². The quantitative estimate of drug-likeness (QED) is 0.698. The van der Waals surface area contributed by atoms with Crippen LogP contribution in [0.15, 0.2) is 0 Å². The zero-order valence-electron chi connectivity index (χ0n) is 11.3. The molecule has 0 aromatic carbocycles. The number of nitrogens with one attached hydrogen (secondary N) is 2. The lowest BCUT2D eigenvalue weighted by Crippen LogP contribution is -2.39. The van der Waals surface area contributed by atoms with E-state index in [2.05, 4.69) is 22.5 Å². The Morgan fingerprint density at radius 3 is 2.94 bits per heavy atom. The van der Waals surface area contributed by atoms with Crippen LogP contribution in [0.3, 0.4) is 0 Å². The fourth-order valence-corrected chi connectivity index (χ4v) is 2.19. The van der Waals surface area contributed by atoms with Gasteiger partial charge in [0.05, 0.1) is 6.54 Å². The summed E-state index contributed by atoms with van der Waals surface area (Å²) in [4.78, 5) is 13.6. The third kappa shape index (κ3) is 6.64. The average molecular weight is 241 g/mol. The molecule has 1 aliphatic heterocycles. The minimum Gasteiger partial charge on any atom is -0.355 e. The molecule has 0 aromatic heterocycles. The predicted octanol–water partition coefficient (Wildman–Crippen LogP) is 0.977. The zero-order chi connectivity index (χ0) is 12.5. The molecule has 4 nitrogen and oxygen atoms in total. The molecular weight excluding hydrogens is 214 g/mol. The summed E-state index contributed by atoms with van der Waals surface area (Å²) in [5.41, 5.74) is 0. The molecule has 0 saturated carbocycles. The Kier molecular flexibility index (Phi) is 7.21. The smallest absolute Gasteiger partial charge is 0.234 e. The lowest BCUT2D eigenvalue weighted by atomic mass is 10.0. The standard InChI is InChI=1S/C13H27N3O/c1-3-8-15-13(17)11-16(2)10-7-12-6-4-5-9-14-12/h12,14H,3-11H2,1-2H3,(H,15,17). The van der Waals surface area contributed by atoms with Crippen LogP contribution in [0.2, 0.25) is 0 Å². The van der Waals surface area contributed by atoms with Gasteiger partial charge in [-0.1, -0.05) is 13.3 Å². The monoisotopic (exact) mass is 241 g/mol. The van der Waals surface area contributed by atoms with Crippen molar-refractivity contribution in [1.82, 2.24) is 15.5 Å². The van der Waals surface area contributed by atoms with E-state index in [0.29, 0.717) is 12.6 Å². The van der Waals surface area contributed by atoms with Crippen molar-refractivity contribution >= 4 is 5.91 Å². The van der Waals surface area contributed by atoms with Gasteiger partial charge in [0.25, 0.3) is 0 Å². The van der Waals surface area contributed by atoms with Crippen LogP contribution in [-0.2, 0) is 4.79 Å². The SMILES string of the molecule is CCCNC(=O)CN(C)CCC1CCCCN1.